The van der Waals surface area contributed by atoms with E-state index in [1.54, 1.807) is 25.0 Å². The number of carbonyl (C=O) groups is 1. The van der Waals surface area contributed by atoms with Crippen molar-refractivity contribution in [2.75, 3.05) is 26.6 Å². The molecule has 1 atom stereocenters. The number of nitrogens with one attached hydrogen (secondary N) is 1. The number of rotatable bonds is 6. The Hall–Kier alpha value is -3.30. The molecule has 4 rings (SSSR count). The second-order valence-corrected chi connectivity index (χ2v) is 7.60. The number of hydrogen-bond donors (Lipinski definition) is 1. The molecule has 2 aliphatic rings. The predicted octanol–water partition coefficient (Wildman–Crippen LogP) is 2.86. The minimum Gasteiger partial charge on any atom is -0.493 e. The average molecular weight is 429 g/mol. The van der Waals surface area contributed by atoms with Gasteiger partial charge < -0.3 is 24.3 Å². The monoisotopic (exact) mass is 429 g/mol. The van der Waals surface area contributed by atoms with Crippen LogP contribution >= 0.6 is 0 Å². The Morgan fingerprint density at radius 2 is 1.81 bits per heavy atom. The van der Waals surface area contributed by atoms with Crippen LogP contribution in [-0.2, 0) is 9.53 Å². The van der Waals surface area contributed by atoms with Crippen LogP contribution in [0.1, 0.15) is 50.6 Å². The van der Waals surface area contributed by atoms with Crippen molar-refractivity contribution in [3.05, 3.63) is 29.0 Å². The van der Waals surface area contributed by atoms with Gasteiger partial charge in [0.05, 0.1) is 26.9 Å². The zero-order valence-corrected chi connectivity index (χ0v) is 18.2. The van der Waals surface area contributed by atoms with E-state index in [2.05, 4.69) is 20.8 Å². The van der Waals surface area contributed by atoms with Crippen LogP contribution in [-0.4, -0.2) is 53.6 Å². The van der Waals surface area contributed by atoms with Gasteiger partial charge in [0, 0.05) is 11.3 Å². The normalized spacial score (nSPS) is 18.8. The van der Waals surface area contributed by atoms with E-state index in [4.69, 9.17) is 18.9 Å². The maximum atomic E-state index is 13.4. The topological polar surface area (TPSA) is 110 Å². The molecule has 166 valence electrons. The van der Waals surface area contributed by atoms with Gasteiger partial charge in [0.1, 0.15) is 12.1 Å². The summed E-state index contributed by atoms with van der Waals surface area (Å²) in [4.78, 5) is 13.4. The molecule has 0 radical (unpaired) electrons. The van der Waals surface area contributed by atoms with E-state index in [0.29, 0.717) is 40.0 Å². The fourth-order valence-electron chi connectivity index (χ4n) is 4.30. The lowest BCUT2D eigenvalue weighted by Crippen LogP contribution is -2.32. The maximum absolute atomic E-state index is 13.4. The quantitative estimate of drug-likeness (QED) is 0.693. The van der Waals surface area contributed by atoms with Crippen molar-refractivity contribution in [3.63, 3.8) is 0 Å². The second-order valence-electron chi connectivity index (χ2n) is 7.60. The van der Waals surface area contributed by atoms with Crippen molar-refractivity contribution in [2.24, 2.45) is 0 Å². The highest BCUT2D eigenvalue weighted by Crippen LogP contribution is 2.46. The lowest BCUT2D eigenvalue weighted by molar-refractivity contribution is -0.146. The molecule has 1 saturated carbocycles. The maximum Gasteiger partial charge on any atom is 0.338 e. The van der Waals surface area contributed by atoms with E-state index in [0.717, 1.165) is 25.7 Å². The van der Waals surface area contributed by atoms with Crippen LogP contribution in [0.4, 0.5) is 5.95 Å². The number of carbonyl (C=O) groups excluding carboxylic acids is 1. The van der Waals surface area contributed by atoms with Crippen molar-refractivity contribution in [1.29, 1.82) is 0 Å². The lowest BCUT2D eigenvalue weighted by atomic mass is 9.93. The first-order valence-electron chi connectivity index (χ1n) is 10.3. The van der Waals surface area contributed by atoms with Gasteiger partial charge in [0.2, 0.25) is 11.7 Å². The Kier molecular flexibility index (Phi) is 5.97. The molecule has 2 heterocycles. The van der Waals surface area contributed by atoms with Gasteiger partial charge >= 0.3 is 5.97 Å². The zero-order chi connectivity index (χ0) is 22.0. The number of ether oxygens (including phenoxy) is 4. The molecule has 0 spiro atoms. The molecule has 1 aliphatic heterocycles. The van der Waals surface area contributed by atoms with E-state index in [1.807, 2.05) is 13.0 Å². The SMILES string of the molecule is COc1ccc([C@@H]2C(C(=O)OC3CCCCC3)=C(C)Nc3nnnn32)c(OC)c1OC. The molecular weight excluding hydrogens is 402 g/mol. The zero-order valence-electron chi connectivity index (χ0n) is 18.2. The summed E-state index contributed by atoms with van der Waals surface area (Å²) in [7, 11) is 4.63. The summed E-state index contributed by atoms with van der Waals surface area (Å²) in [5.41, 5.74) is 1.71. The number of benzene rings is 1. The first kappa shape index (κ1) is 21.0. The first-order valence-corrected chi connectivity index (χ1v) is 10.3. The number of nitrogens with zero attached hydrogens (tertiary/aromatic N) is 4. The minimum absolute atomic E-state index is 0.0789. The number of hydrogen-bond acceptors (Lipinski definition) is 9. The van der Waals surface area contributed by atoms with E-state index in [9.17, 15) is 4.79 Å². The molecule has 2 aromatic rings. The summed E-state index contributed by atoms with van der Waals surface area (Å²) >= 11 is 0. The van der Waals surface area contributed by atoms with Crippen LogP contribution in [0.15, 0.2) is 23.4 Å². The Morgan fingerprint density at radius 3 is 2.48 bits per heavy atom. The first-order chi connectivity index (χ1) is 15.1. The van der Waals surface area contributed by atoms with Crippen LogP contribution in [0.25, 0.3) is 0 Å². The van der Waals surface area contributed by atoms with E-state index < -0.39 is 6.04 Å². The van der Waals surface area contributed by atoms with Gasteiger partial charge in [-0.1, -0.05) is 11.5 Å². The molecule has 1 aliphatic carbocycles. The van der Waals surface area contributed by atoms with Gasteiger partial charge in [0.25, 0.3) is 0 Å². The Morgan fingerprint density at radius 1 is 1.06 bits per heavy atom. The van der Waals surface area contributed by atoms with Crippen LogP contribution in [0, 0.1) is 0 Å². The summed E-state index contributed by atoms with van der Waals surface area (Å²) in [6, 6.07) is 2.93. The lowest BCUT2D eigenvalue weighted by Gasteiger charge is -2.30. The van der Waals surface area contributed by atoms with E-state index in [1.165, 1.54) is 13.5 Å². The van der Waals surface area contributed by atoms with Crippen molar-refractivity contribution >= 4 is 11.9 Å². The standard InChI is InChI=1S/C21H27N5O5/c1-12-16(20(27)31-13-8-6-5-7-9-13)17(26-21(22-12)23-24-25-26)14-10-11-15(28-2)19(30-4)18(14)29-3/h10-11,13,17H,5-9H2,1-4H3,(H,22,23,25)/t17-/m1/s1. The number of allylic oxidation sites excluding steroid dienone is 1. The molecule has 1 aromatic heterocycles. The van der Waals surface area contributed by atoms with Gasteiger partial charge in [-0.15, -0.1) is 0 Å². The second kappa shape index (κ2) is 8.83. The molecule has 0 saturated heterocycles. The number of fused-ring (bicyclic) bond motifs is 1. The van der Waals surface area contributed by atoms with Crippen LogP contribution in [0.2, 0.25) is 0 Å². The average Bonchev–Trinajstić information content (AvgIpc) is 3.25. The molecule has 0 bridgehead atoms. The van der Waals surface area contributed by atoms with Crippen molar-refractivity contribution in [3.8, 4) is 17.2 Å². The van der Waals surface area contributed by atoms with Gasteiger partial charge in [-0.2, -0.15) is 4.68 Å². The predicted molar refractivity (Wildman–Crippen MR) is 111 cm³/mol. The number of methoxy groups -OCH3 is 3. The van der Waals surface area contributed by atoms with Crippen LogP contribution in [0.3, 0.4) is 0 Å². The number of tetrazole rings is 1. The molecule has 10 heteroatoms. The molecule has 0 amide bonds. The molecule has 10 nitrogen and oxygen atoms in total. The molecule has 1 aromatic carbocycles. The van der Waals surface area contributed by atoms with Gasteiger partial charge in [0.15, 0.2) is 11.5 Å². The Labute approximate surface area is 180 Å². The smallest absolute Gasteiger partial charge is 0.338 e. The summed E-state index contributed by atoms with van der Waals surface area (Å²) in [5.74, 6) is 1.41. The highest BCUT2D eigenvalue weighted by molar-refractivity contribution is 5.92. The Balaban J connectivity index is 1.81. The third-order valence-corrected chi connectivity index (χ3v) is 5.79. The highest BCUT2D eigenvalue weighted by Gasteiger charge is 2.38. The summed E-state index contributed by atoms with van der Waals surface area (Å²) in [5, 5.41) is 15.0. The number of esters is 1. The largest absolute Gasteiger partial charge is 0.493 e. The third-order valence-electron chi connectivity index (χ3n) is 5.79. The van der Waals surface area contributed by atoms with Crippen molar-refractivity contribution in [1.82, 2.24) is 20.2 Å². The Bertz CT molecular complexity index is 996. The number of aromatic nitrogens is 4. The third kappa shape index (κ3) is 3.77. The fraction of sp³-hybridized carbons (Fsp3) is 0.524. The van der Waals surface area contributed by atoms with Crippen molar-refractivity contribution in [2.45, 2.75) is 51.2 Å². The molecule has 31 heavy (non-hydrogen) atoms. The van der Waals surface area contributed by atoms with Gasteiger partial charge in [-0.3, -0.25) is 0 Å². The molecule has 1 N–H and O–H groups in total. The highest BCUT2D eigenvalue weighted by atomic mass is 16.5. The van der Waals surface area contributed by atoms with Crippen molar-refractivity contribution < 1.29 is 23.7 Å². The van der Waals surface area contributed by atoms with E-state index >= 15 is 0 Å². The molecular formula is C21H27N5O5. The van der Waals surface area contributed by atoms with E-state index in [-0.39, 0.29) is 12.1 Å². The summed E-state index contributed by atoms with van der Waals surface area (Å²) in [6.45, 7) is 1.82. The summed E-state index contributed by atoms with van der Waals surface area (Å²) < 4.78 is 24.1. The summed E-state index contributed by atoms with van der Waals surface area (Å²) in [6.07, 6.45) is 5.00. The van der Waals surface area contributed by atoms with Gasteiger partial charge in [-0.25, -0.2) is 4.79 Å². The number of anilines is 1. The van der Waals surface area contributed by atoms with Gasteiger partial charge in [-0.05, 0) is 55.2 Å². The van der Waals surface area contributed by atoms with Crippen LogP contribution in [0.5, 0.6) is 17.2 Å². The van der Waals surface area contributed by atoms with Crippen LogP contribution < -0.4 is 19.5 Å². The molecule has 1 fully saturated rings. The minimum atomic E-state index is -0.655. The molecule has 0 unspecified atom stereocenters. The fourth-order valence-corrected chi connectivity index (χ4v) is 4.30.